The fraction of sp³-hybridized carbons (Fsp3) is 0.174. The Labute approximate surface area is 168 Å². The highest BCUT2D eigenvalue weighted by Gasteiger charge is 2.07. The fourth-order valence-corrected chi connectivity index (χ4v) is 4.05. The zero-order valence-corrected chi connectivity index (χ0v) is 16.3. The number of fused-ring (bicyclic) bond motifs is 1. The van der Waals surface area contributed by atoms with E-state index in [0.717, 1.165) is 41.0 Å². The third-order valence-corrected chi connectivity index (χ3v) is 5.64. The second-order valence-corrected chi connectivity index (χ2v) is 7.71. The van der Waals surface area contributed by atoms with Crippen LogP contribution in [0.5, 0.6) is 0 Å². The predicted molar refractivity (Wildman–Crippen MR) is 115 cm³/mol. The lowest BCUT2D eigenvalue weighted by Gasteiger charge is -2.06. The van der Waals surface area contributed by atoms with Crippen LogP contribution in [0.1, 0.15) is 24.8 Å². The largest absolute Gasteiger partial charge is 0.326 e. The molecule has 2 heterocycles. The lowest BCUT2D eigenvalue weighted by molar-refractivity contribution is -0.116. The summed E-state index contributed by atoms with van der Waals surface area (Å²) < 4.78 is 1.18. The maximum Gasteiger partial charge on any atom is 0.224 e. The molecule has 2 aromatic carbocycles. The van der Waals surface area contributed by atoms with Gasteiger partial charge in [0.25, 0.3) is 0 Å². The van der Waals surface area contributed by atoms with Crippen molar-refractivity contribution < 1.29 is 4.79 Å². The second kappa shape index (κ2) is 8.76. The SMILES string of the molecule is O=C(CCCCc1cccnc1)Nc1ccc(-c2nc3ccccc3s2)cc1. The van der Waals surface area contributed by atoms with Crippen LogP contribution in [-0.4, -0.2) is 15.9 Å². The summed E-state index contributed by atoms with van der Waals surface area (Å²) in [5.41, 5.74) is 4.12. The van der Waals surface area contributed by atoms with Gasteiger partial charge in [0.2, 0.25) is 5.91 Å². The van der Waals surface area contributed by atoms with E-state index in [9.17, 15) is 4.79 Å². The Kier molecular flexibility index (Phi) is 5.73. The summed E-state index contributed by atoms with van der Waals surface area (Å²) in [6.45, 7) is 0. The number of aromatic nitrogens is 2. The van der Waals surface area contributed by atoms with Gasteiger partial charge in [0.15, 0.2) is 0 Å². The number of thiazole rings is 1. The van der Waals surface area contributed by atoms with Crippen LogP contribution >= 0.6 is 11.3 Å². The molecule has 0 aliphatic carbocycles. The molecule has 0 bridgehead atoms. The smallest absolute Gasteiger partial charge is 0.224 e. The first-order valence-electron chi connectivity index (χ1n) is 9.43. The molecule has 0 unspecified atom stereocenters. The highest BCUT2D eigenvalue weighted by molar-refractivity contribution is 7.21. The number of pyridine rings is 1. The van der Waals surface area contributed by atoms with E-state index < -0.39 is 0 Å². The third-order valence-electron chi connectivity index (χ3n) is 4.55. The van der Waals surface area contributed by atoms with Crippen molar-refractivity contribution in [1.29, 1.82) is 0 Å². The number of nitrogens with zero attached hydrogens (tertiary/aromatic N) is 2. The molecule has 28 heavy (non-hydrogen) atoms. The summed E-state index contributed by atoms with van der Waals surface area (Å²) in [4.78, 5) is 21.0. The third kappa shape index (κ3) is 4.61. The number of hydrogen-bond donors (Lipinski definition) is 1. The number of aryl methyl sites for hydroxylation is 1. The van der Waals surface area contributed by atoms with Gasteiger partial charge in [-0.05, 0) is 67.3 Å². The Morgan fingerprint density at radius 1 is 0.964 bits per heavy atom. The predicted octanol–water partition coefficient (Wildman–Crippen LogP) is 5.71. The van der Waals surface area contributed by atoms with E-state index in [2.05, 4.69) is 27.4 Å². The van der Waals surface area contributed by atoms with Gasteiger partial charge in [-0.1, -0.05) is 18.2 Å². The molecule has 0 radical (unpaired) electrons. The molecular weight excluding hydrogens is 366 g/mol. The van der Waals surface area contributed by atoms with Crippen molar-refractivity contribution in [1.82, 2.24) is 9.97 Å². The highest BCUT2D eigenvalue weighted by Crippen LogP contribution is 2.30. The lowest BCUT2D eigenvalue weighted by Crippen LogP contribution is -2.11. The molecule has 0 saturated carbocycles. The number of benzene rings is 2. The molecule has 2 aromatic heterocycles. The van der Waals surface area contributed by atoms with Crippen LogP contribution in [0.2, 0.25) is 0 Å². The topological polar surface area (TPSA) is 54.9 Å². The number of nitrogens with one attached hydrogen (secondary N) is 1. The van der Waals surface area contributed by atoms with Crippen LogP contribution in [0.15, 0.2) is 73.1 Å². The summed E-state index contributed by atoms with van der Waals surface area (Å²) >= 11 is 1.68. The Morgan fingerprint density at radius 3 is 2.61 bits per heavy atom. The number of rotatable bonds is 7. The maximum absolute atomic E-state index is 12.2. The molecular formula is C23H21N3OS. The molecule has 0 atom stereocenters. The molecule has 1 N–H and O–H groups in total. The fourth-order valence-electron chi connectivity index (χ4n) is 3.08. The summed E-state index contributed by atoms with van der Waals surface area (Å²) in [7, 11) is 0. The molecule has 4 nitrogen and oxygen atoms in total. The molecule has 140 valence electrons. The van der Waals surface area contributed by atoms with E-state index in [1.807, 2.05) is 54.7 Å². The minimum absolute atomic E-state index is 0.0546. The highest BCUT2D eigenvalue weighted by atomic mass is 32.1. The van der Waals surface area contributed by atoms with Gasteiger partial charge >= 0.3 is 0 Å². The van der Waals surface area contributed by atoms with Gasteiger partial charge < -0.3 is 5.32 Å². The summed E-state index contributed by atoms with van der Waals surface area (Å²) in [6.07, 6.45) is 6.99. The number of carbonyl (C=O) groups is 1. The van der Waals surface area contributed by atoms with Gasteiger partial charge in [-0.25, -0.2) is 4.98 Å². The number of carbonyl (C=O) groups excluding carboxylic acids is 1. The first-order chi connectivity index (χ1) is 13.8. The minimum Gasteiger partial charge on any atom is -0.326 e. The second-order valence-electron chi connectivity index (χ2n) is 6.68. The van der Waals surface area contributed by atoms with E-state index >= 15 is 0 Å². The molecule has 0 fully saturated rings. The van der Waals surface area contributed by atoms with E-state index in [0.29, 0.717) is 6.42 Å². The van der Waals surface area contributed by atoms with Crippen molar-refractivity contribution in [2.45, 2.75) is 25.7 Å². The van der Waals surface area contributed by atoms with Gasteiger partial charge in [0.1, 0.15) is 5.01 Å². The molecule has 5 heteroatoms. The zero-order valence-electron chi connectivity index (χ0n) is 15.5. The van der Waals surface area contributed by atoms with E-state index in [4.69, 9.17) is 0 Å². The summed E-state index contributed by atoms with van der Waals surface area (Å²) in [6, 6.07) is 20.0. The van der Waals surface area contributed by atoms with Gasteiger partial charge in [0, 0.05) is 30.1 Å². The quantitative estimate of drug-likeness (QED) is 0.413. The molecule has 4 aromatic rings. The monoisotopic (exact) mass is 387 g/mol. The standard InChI is InChI=1S/C23H21N3OS/c27-22(10-4-1-6-17-7-5-15-24-16-17)25-19-13-11-18(12-14-19)23-26-20-8-2-3-9-21(20)28-23/h2-3,5,7-9,11-16H,1,4,6,10H2,(H,25,27). The van der Waals surface area contributed by atoms with Crippen molar-refractivity contribution in [3.05, 3.63) is 78.6 Å². The van der Waals surface area contributed by atoms with Crippen molar-refractivity contribution in [3.8, 4) is 10.6 Å². The van der Waals surface area contributed by atoms with Gasteiger partial charge in [-0.15, -0.1) is 11.3 Å². The number of anilines is 1. The maximum atomic E-state index is 12.2. The first kappa shape index (κ1) is 18.3. The van der Waals surface area contributed by atoms with E-state index in [-0.39, 0.29) is 5.91 Å². The van der Waals surface area contributed by atoms with Crippen LogP contribution in [0.3, 0.4) is 0 Å². The van der Waals surface area contributed by atoms with E-state index in [1.165, 1.54) is 10.3 Å². The van der Waals surface area contributed by atoms with Crippen LogP contribution in [-0.2, 0) is 11.2 Å². The first-order valence-corrected chi connectivity index (χ1v) is 10.2. The molecule has 0 aliphatic heterocycles. The van der Waals surface area contributed by atoms with Gasteiger partial charge in [0.05, 0.1) is 10.2 Å². The normalized spacial score (nSPS) is 10.9. The summed E-state index contributed by atoms with van der Waals surface area (Å²) in [5.74, 6) is 0.0546. The Hall–Kier alpha value is -3.05. The van der Waals surface area contributed by atoms with Crippen molar-refractivity contribution in [2.24, 2.45) is 0 Å². The Balaban J connectivity index is 1.28. The molecule has 0 saturated heterocycles. The number of para-hydroxylation sites is 1. The average molecular weight is 388 g/mol. The van der Waals surface area contributed by atoms with Crippen molar-refractivity contribution in [3.63, 3.8) is 0 Å². The lowest BCUT2D eigenvalue weighted by atomic mass is 10.1. The summed E-state index contributed by atoms with van der Waals surface area (Å²) in [5, 5.41) is 3.97. The molecule has 1 amide bonds. The molecule has 0 spiro atoms. The number of hydrogen-bond acceptors (Lipinski definition) is 4. The van der Waals surface area contributed by atoms with Gasteiger partial charge in [-0.3, -0.25) is 9.78 Å². The molecule has 0 aliphatic rings. The van der Waals surface area contributed by atoms with Crippen molar-refractivity contribution >= 4 is 33.1 Å². The van der Waals surface area contributed by atoms with E-state index in [1.54, 1.807) is 17.5 Å². The van der Waals surface area contributed by atoms with Crippen LogP contribution in [0.4, 0.5) is 5.69 Å². The Bertz CT molecular complexity index is 1030. The average Bonchev–Trinajstić information content (AvgIpc) is 3.17. The van der Waals surface area contributed by atoms with Crippen molar-refractivity contribution in [2.75, 3.05) is 5.32 Å². The zero-order chi connectivity index (χ0) is 19.2. The van der Waals surface area contributed by atoms with Crippen LogP contribution < -0.4 is 5.32 Å². The van der Waals surface area contributed by atoms with Crippen LogP contribution in [0, 0.1) is 0 Å². The minimum atomic E-state index is 0.0546. The Morgan fingerprint density at radius 2 is 1.82 bits per heavy atom. The van der Waals surface area contributed by atoms with Crippen LogP contribution in [0.25, 0.3) is 20.8 Å². The van der Waals surface area contributed by atoms with Gasteiger partial charge in [-0.2, -0.15) is 0 Å². The molecule has 4 rings (SSSR count). The number of unbranched alkanes of at least 4 members (excludes halogenated alkanes) is 1. The number of amides is 1.